The van der Waals surface area contributed by atoms with E-state index in [1.54, 1.807) is 13.0 Å². The summed E-state index contributed by atoms with van der Waals surface area (Å²) in [5.74, 6) is -0.00287. The van der Waals surface area contributed by atoms with Crippen LogP contribution in [-0.2, 0) is 0 Å². The van der Waals surface area contributed by atoms with Crippen molar-refractivity contribution >= 4 is 17.2 Å². The normalized spacial score (nSPS) is 14.9. The van der Waals surface area contributed by atoms with Crippen molar-refractivity contribution in [2.24, 2.45) is 5.92 Å². The lowest BCUT2D eigenvalue weighted by atomic mass is 9.92. The number of carbonyl (C=O) groups excluding carboxylic acids is 1. The summed E-state index contributed by atoms with van der Waals surface area (Å²) in [5, 5.41) is 12.7. The molecule has 3 nitrogen and oxygen atoms in total. The third-order valence-electron chi connectivity index (χ3n) is 2.81. The largest absolute Gasteiger partial charge is 0.388 e. The molecule has 0 aromatic carbocycles. The minimum atomic E-state index is -0.859. The maximum atomic E-state index is 11.7. The van der Waals surface area contributed by atoms with Crippen molar-refractivity contribution in [2.75, 3.05) is 6.54 Å². The summed E-state index contributed by atoms with van der Waals surface area (Å²) in [6.07, 6.45) is 0. The van der Waals surface area contributed by atoms with E-state index >= 15 is 0 Å². The molecule has 0 bridgehead atoms. The summed E-state index contributed by atoms with van der Waals surface area (Å²) in [4.78, 5) is 13.5. The molecule has 0 saturated carbocycles. The quantitative estimate of drug-likeness (QED) is 0.849. The second kappa shape index (κ2) is 4.97. The molecule has 1 atom stereocenters. The Morgan fingerprint density at radius 1 is 1.56 bits per heavy atom. The maximum absolute atomic E-state index is 11.7. The van der Waals surface area contributed by atoms with Crippen molar-refractivity contribution in [3.63, 3.8) is 0 Å². The predicted molar refractivity (Wildman–Crippen MR) is 66.9 cm³/mol. The highest BCUT2D eigenvalue weighted by molar-refractivity contribution is 7.13. The fourth-order valence-electron chi connectivity index (χ4n) is 1.11. The minimum absolute atomic E-state index is 0.109. The van der Waals surface area contributed by atoms with E-state index in [1.165, 1.54) is 11.3 Å². The molecule has 0 aliphatic rings. The van der Waals surface area contributed by atoms with Gasteiger partial charge in [0.15, 0.2) is 0 Å². The molecule has 1 aromatic rings. The molecule has 90 valence electrons. The summed E-state index contributed by atoms with van der Waals surface area (Å²) < 4.78 is 0. The van der Waals surface area contributed by atoms with Crippen molar-refractivity contribution in [3.8, 4) is 0 Å². The van der Waals surface area contributed by atoms with Gasteiger partial charge in [0.2, 0.25) is 0 Å². The molecule has 1 aromatic heterocycles. The van der Waals surface area contributed by atoms with Crippen molar-refractivity contribution in [3.05, 3.63) is 21.9 Å². The van der Waals surface area contributed by atoms with Gasteiger partial charge in [-0.2, -0.15) is 0 Å². The average Bonchev–Trinajstić information content (AvgIpc) is 2.61. The van der Waals surface area contributed by atoms with Crippen LogP contribution in [0, 0.1) is 12.8 Å². The summed E-state index contributed by atoms with van der Waals surface area (Å²) in [6, 6.07) is 3.72. The first-order valence-electron chi connectivity index (χ1n) is 5.40. The van der Waals surface area contributed by atoms with Crippen LogP contribution in [0.2, 0.25) is 0 Å². The van der Waals surface area contributed by atoms with E-state index in [4.69, 9.17) is 0 Å². The lowest BCUT2D eigenvalue weighted by Gasteiger charge is -2.27. The highest BCUT2D eigenvalue weighted by atomic mass is 32.1. The Balaban J connectivity index is 2.54. The summed E-state index contributed by atoms with van der Waals surface area (Å²) in [5.41, 5.74) is -0.859. The predicted octanol–water partition coefficient (Wildman–Crippen LogP) is 2.19. The Kier molecular flexibility index (Phi) is 4.10. The van der Waals surface area contributed by atoms with E-state index in [0.717, 1.165) is 4.88 Å². The Hall–Kier alpha value is -0.870. The number of aliphatic hydroxyl groups is 1. The molecule has 16 heavy (non-hydrogen) atoms. The number of rotatable bonds is 4. The lowest BCUT2D eigenvalue weighted by Crippen LogP contribution is -2.44. The van der Waals surface area contributed by atoms with Gasteiger partial charge in [0.1, 0.15) is 0 Å². The van der Waals surface area contributed by atoms with Crippen LogP contribution in [0.3, 0.4) is 0 Å². The van der Waals surface area contributed by atoms with Crippen LogP contribution in [0.15, 0.2) is 12.1 Å². The third-order valence-corrected chi connectivity index (χ3v) is 3.81. The van der Waals surface area contributed by atoms with Gasteiger partial charge >= 0.3 is 0 Å². The van der Waals surface area contributed by atoms with Gasteiger partial charge in [-0.25, -0.2) is 0 Å². The maximum Gasteiger partial charge on any atom is 0.261 e. The van der Waals surface area contributed by atoms with Crippen molar-refractivity contribution < 1.29 is 9.90 Å². The molecule has 0 fully saturated rings. The topological polar surface area (TPSA) is 49.3 Å². The molecule has 0 aliphatic heterocycles. The molecule has 1 amide bonds. The van der Waals surface area contributed by atoms with Crippen LogP contribution in [0.1, 0.15) is 35.3 Å². The smallest absolute Gasteiger partial charge is 0.261 e. The van der Waals surface area contributed by atoms with E-state index in [9.17, 15) is 9.90 Å². The van der Waals surface area contributed by atoms with Gasteiger partial charge in [-0.3, -0.25) is 4.79 Å². The van der Waals surface area contributed by atoms with Crippen molar-refractivity contribution in [1.29, 1.82) is 0 Å². The fourth-order valence-corrected chi connectivity index (χ4v) is 1.89. The van der Waals surface area contributed by atoms with Gasteiger partial charge in [-0.15, -0.1) is 11.3 Å². The number of hydrogen-bond donors (Lipinski definition) is 2. The zero-order valence-electron chi connectivity index (χ0n) is 10.2. The van der Waals surface area contributed by atoms with Gasteiger partial charge in [-0.05, 0) is 31.9 Å². The standard InChI is InChI=1S/C12H19NO2S/c1-8(2)12(4,15)7-13-11(14)10-6-5-9(3)16-10/h5-6,8,15H,7H2,1-4H3,(H,13,14). The molecule has 0 spiro atoms. The van der Waals surface area contributed by atoms with Gasteiger partial charge in [-0.1, -0.05) is 13.8 Å². The zero-order chi connectivity index (χ0) is 12.3. The van der Waals surface area contributed by atoms with E-state index < -0.39 is 5.60 Å². The number of amides is 1. The fraction of sp³-hybridized carbons (Fsp3) is 0.583. The number of thiophene rings is 1. The molecular formula is C12H19NO2S. The van der Waals surface area contributed by atoms with Gasteiger partial charge in [0, 0.05) is 11.4 Å². The van der Waals surface area contributed by atoms with E-state index in [1.807, 2.05) is 26.8 Å². The van der Waals surface area contributed by atoms with Crippen LogP contribution < -0.4 is 5.32 Å². The number of nitrogens with one attached hydrogen (secondary N) is 1. The second-order valence-corrected chi connectivity index (χ2v) is 5.89. The summed E-state index contributed by atoms with van der Waals surface area (Å²) >= 11 is 1.46. The average molecular weight is 241 g/mol. The first kappa shape index (κ1) is 13.2. The summed E-state index contributed by atoms with van der Waals surface area (Å²) in [6.45, 7) is 7.84. The molecule has 4 heteroatoms. The summed E-state index contributed by atoms with van der Waals surface area (Å²) in [7, 11) is 0. The van der Waals surface area contributed by atoms with Crippen LogP contribution in [0.4, 0.5) is 0 Å². The molecular weight excluding hydrogens is 222 g/mol. The lowest BCUT2D eigenvalue weighted by molar-refractivity contribution is 0.0143. The van der Waals surface area contributed by atoms with Crippen LogP contribution in [0.5, 0.6) is 0 Å². The monoisotopic (exact) mass is 241 g/mol. The Bertz CT molecular complexity index is 369. The highest BCUT2D eigenvalue weighted by Crippen LogP contribution is 2.17. The van der Waals surface area contributed by atoms with Gasteiger partial charge in [0.25, 0.3) is 5.91 Å². The van der Waals surface area contributed by atoms with Crippen LogP contribution in [0.25, 0.3) is 0 Å². The Labute approximate surface area is 100 Å². The molecule has 1 rings (SSSR count). The first-order valence-corrected chi connectivity index (χ1v) is 6.21. The number of hydrogen-bond acceptors (Lipinski definition) is 3. The number of carbonyl (C=O) groups is 1. The molecule has 1 unspecified atom stereocenters. The molecule has 1 heterocycles. The minimum Gasteiger partial charge on any atom is -0.388 e. The van der Waals surface area contributed by atoms with Crippen molar-refractivity contribution in [1.82, 2.24) is 5.32 Å². The molecule has 0 radical (unpaired) electrons. The van der Waals surface area contributed by atoms with Crippen molar-refractivity contribution in [2.45, 2.75) is 33.3 Å². The van der Waals surface area contributed by atoms with Crippen LogP contribution >= 0.6 is 11.3 Å². The SMILES string of the molecule is Cc1ccc(C(=O)NCC(C)(O)C(C)C)s1. The first-order chi connectivity index (χ1) is 7.33. The molecule has 0 aliphatic carbocycles. The molecule has 2 N–H and O–H groups in total. The van der Waals surface area contributed by atoms with Crippen LogP contribution in [-0.4, -0.2) is 23.2 Å². The number of aryl methyl sites for hydroxylation is 1. The van der Waals surface area contributed by atoms with Gasteiger partial charge < -0.3 is 10.4 Å². The zero-order valence-corrected chi connectivity index (χ0v) is 11.0. The van der Waals surface area contributed by atoms with Gasteiger partial charge in [0.05, 0.1) is 10.5 Å². The van der Waals surface area contributed by atoms with E-state index in [-0.39, 0.29) is 18.4 Å². The second-order valence-electron chi connectivity index (χ2n) is 4.60. The van der Waals surface area contributed by atoms with E-state index in [0.29, 0.717) is 4.88 Å². The third kappa shape index (κ3) is 3.32. The Morgan fingerprint density at radius 2 is 2.19 bits per heavy atom. The van der Waals surface area contributed by atoms with E-state index in [2.05, 4.69) is 5.32 Å². The molecule has 0 saturated heterocycles. The Morgan fingerprint density at radius 3 is 2.62 bits per heavy atom. The highest BCUT2D eigenvalue weighted by Gasteiger charge is 2.25.